The van der Waals surface area contributed by atoms with Gasteiger partial charge in [-0.15, -0.1) is 0 Å². The number of rotatable bonds is 6. The highest BCUT2D eigenvalue weighted by Gasteiger charge is 2.09. The fourth-order valence-corrected chi connectivity index (χ4v) is 2.86. The first-order valence-corrected chi connectivity index (χ1v) is 7.69. The van der Waals surface area contributed by atoms with Crippen molar-refractivity contribution in [2.45, 2.75) is 25.8 Å². The third kappa shape index (κ3) is 3.56. The van der Waals surface area contributed by atoms with Crippen LogP contribution in [0.15, 0.2) is 36.4 Å². The van der Waals surface area contributed by atoms with Crippen molar-refractivity contribution >= 4 is 10.9 Å². The lowest BCUT2D eigenvalue weighted by atomic mass is 10.2. The van der Waals surface area contributed by atoms with E-state index in [9.17, 15) is 0 Å². The molecule has 3 rings (SSSR count). The molecule has 1 saturated heterocycles. The second-order valence-electron chi connectivity index (χ2n) is 5.57. The van der Waals surface area contributed by atoms with E-state index in [2.05, 4.69) is 45.5 Å². The highest BCUT2D eigenvalue weighted by Crippen LogP contribution is 2.11. The monoisotopic (exact) mass is 269 g/mol. The van der Waals surface area contributed by atoms with Crippen molar-refractivity contribution < 1.29 is 0 Å². The molecule has 1 fully saturated rings. The molecule has 0 saturated carbocycles. The Bertz CT molecular complexity index is 547. The average Bonchev–Trinajstić information content (AvgIpc) is 3.00. The number of para-hydroxylation sites is 1. The van der Waals surface area contributed by atoms with Gasteiger partial charge in [0.2, 0.25) is 0 Å². The largest absolute Gasteiger partial charge is 0.311 e. The molecule has 0 spiro atoms. The number of likely N-dealkylation sites (tertiary alicyclic amines) is 1. The Hall–Kier alpha value is -1.45. The quantitative estimate of drug-likeness (QED) is 0.817. The molecule has 0 radical (unpaired) electrons. The molecule has 1 N–H and O–H groups in total. The number of nitrogens with one attached hydrogen (secondary N) is 1. The Morgan fingerprint density at radius 1 is 1.05 bits per heavy atom. The van der Waals surface area contributed by atoms with Crippen molar-refractivity contribution in [1.29, 1.82) is 0 Å². The molecule has 106 valence electrons. The van der Waals surface area contributed by atoms with Crippen LogP contribution in [-0.4, -0.2) is 36.1 Å². The van der Waals surface area contributed by atoms with Crippen molar-refractivity contribution in [1.82, 2.24) is 15.2 Å². The summed E-state index contributed by atoms with van der Waals surface area (Å²) in [5.41, 5.74) is 2.22. The van der Waals surface area contributed by atoms with Gasteiger partial charge in [0.15, 0.2) is 0 Å². The fraction of sp³-hybridized carbons (Fsp3) is 0.471. The lowest BCUT2D eigenvalue weighted by Gasteiger charge is -2.14. The van der Waals surface area contributed by atoms with E-state index in [4.69, 9.17) is 0 Å². The predicted molar refractivity (Wildman–Crippen MR) is 83.7 cm³/mol. The number of nitrogens with zero attached hydrogens (tertiary/aromatic N) is 2. The molecule has 2 aromatic rings. The molecule has 1 aliphatic heterocycles. The van der Waals surface area contributed by atoms with Gasteiger partial charge < -0.3 is 10.2 Å². The van der Waals surface area contributed by atoms with Crippen LogP contribution in [0.1, 0.15) is 25.0 Å². The van der Waals surface area contributed by atoms with E-state index in [1.165, 1.54) is 44.3 Å². The second kappa shape index (κ2) is 6.82. The summed E-state index contributed by atoms with van der Waals surface area (Å²) in [6.07, 6.45) is 4.00. The van der Waals surface area contributed by atoms with Crippen LogP contribution in [0.25, 0.3) is 10.9 Å². The minimum Gasteiger partial charge on any atom is -0.311 e. The molecule has 1 aliphatic rings. The Morgan fingerprint density at radius 2 is 1.90 bits per heavy atom. The number of hydrogen-bond donors (Lipinski definition) is 1. The highest BCUT2D eigenvalue weighted by atomic mass is 15.1. The minimum absolute atomic E-state index is 0.866. The topological polar surface area (TPSA) is 28.2 Å². The third-order valence-electron chi connectivity index (χ3n) is 3.99. The van der Waals surface area contributed by atoms with E-state index in [0.29, 0.717) is 0 Å². The van der Waals surface area contributed by atoms with Gasteiger partial charge in [-0.3, -0.25) is 4.98 Å². The summed E-state index contributed by atoms with van der Waals surface area (Å²) in [6.45, 7) is 5.77. The van der Waals surface area contributed by atoms with Gasteiger partial charge in [0.25, 0.3) is 0 Å². The molecule has 2 heterocycles. The first kappa shape index (κ1) is 13.5. The van der Waals surface area contributed by atoms with Crippen LogP contribution in [0.3, 0.4) is 0 Å². The lowest BCUT2D eigenvalue weighted by molar-refractivity contribution is 0.331. The summed E-state index contributed by atoms with van der Waals surface area (Å²) < 4.78 is 0. The molecule has 0 amide bonds. The Labute approximate surface area is 121 Å². The van der Waals surface area contributed by atoms with E-state index in [1.54, 1.807) is 0 Å². The van der Waals surface area contributed by atoms with Gasteiger partial charge in [-0.1, -0.05) is 24.3 Å². The molecule has 3 nitrogen and oxygen atoms in total. The smallest absolute Gasteiger partial charge is 0.0705 e. The third-order valence-corrected chi connectivity index (χ3v) is 3.99. The first-order valence-electron chi connectivity index (χ1n) is 7.69. The summed E-state index contributed by atoms with van der Waals surface area (Å²) in [7, 11) is 0. The SMILES string of the molecule is c1ccc2nc(CNCCCN3CCCC3)ccc2c1. The Kier molecular flexibility index (Phi) is 4.61. The van der Waals surface area contributed by atoms with Gasteiger partial charge in [0.1, 0.15) is 0 Å². The van der Waals surface area contributed by atoms with Crippen LogP contribution in [0, 0.1) is 0 Å². The van der Waals surface area contributed by atoms with E-state index >= 15 is 0 Å². The van der Waals surface area contributed by atoms with Crippen LogP contribution in [0.5, 0.6) is 0 Å². The second-order valence-corrected chi connectivity index (χ2v) is 5.57. The molecule has 1 aromatic carbocycles. The predicted octanol–water partition coefficient (Wildman–Crippen LogP) is 2.81. The first-order chi connectivity index (χ1) is 9.92. The lowest BCUT2D eigenvalue weighted by Crippen LogP contribution is -2.24. The van der Waals surface area contributed by atoms with Crippen molar-refractivity contribution in [3.63, 3.8) is 0 Å². The highest BCUT2D eigenvalue weighted by molar-refractivity contribution is 5.78. The van der Waals surface area contributed by atoms with Crippen LogP contribution in [0.2, 0.25) is 0 Å². The summed E-state index contributed by atoms with van der Waals surface area (Å²) in [5, 5.41) is 4.71. The van der Waals surface area contributed by atoms with E-state index in [-0.39, 0.29) is 0 Å². The molecular weight excluding hydrogens is 246 g/mol. The molecular formula is C17H23N3. The Balaban J connectivity index is 1.42. The molecule has 0 unspecified atom stereocenters. The number of benzene rings is 1. The van der Waals surface area contributed by atoms with Gasteiger partial charge in [-0.25, -0.2) is 0 Å². The maximum Gasteiger partial charge on any atom is 0.0705 e. The summed E-state index contributed by atoms with van der Waals surface area (Å²) in [4.78, 5) is 7.24. The van der Waals surface area contributed by atoms with Gasteiger partial charge in [0, 0.05) is 11.9 Å². The number of hydrogen-bond acceptors (Lipinski definition) is 3. The molecule has 0 atom stereocenters. The standard InChI is InChI=1S/C17H23N3/c1-2-7-17-15(6-1)8-9-16(19-17)14-18-10-5-13-20-11-3-4-12-20/h1-2,6-9,18H,3-5,10-14H2. The maximum absolute atomic E-state index is 4.68. The average molecular weight is 269 g/mol. The van der Waals surface area contributed by atoms with E-state index < -0.39 is 0 Å². The Morgan fingerprint density at radius 3 is 2.80 bits per heavy atom. The fourth-order valence-electron chi connectivity index (χ4n) is 2.86. The summed E-state index contributed by atoms with van der Waals surface area (Å²) in [5.74, 6) is 0. The van der Waals surface area contributed by atoms with Crippen molar-refractivity contribution in [3.05, 3.63) is 42.1 Å². The van der Waals surface area contributed by atoms with E-state index in [0.717, 1.165) is 24.3 Å². The van der Waals surface area contributed by atoms with Crippen molar-refractivity contribution in [3.8, 4) is 0 Å². The van der Waals surface area contributed by atoms with Crippen molar-refractivity contribution in [2.75, 3.05) is 26.2 Å². The van der Waals surface area contributed by atoms with Gasteiger partial charge in [-0.05, 0) is 57.6 Å². The van der Waals surface area contributed by atoms with Gasteiger partial charge in [0.05, 0.1) is 11.2 Å². The van der Waals surface area contributed by atoms with Crippen LogP contribution >= 0.6 is 0 Å². The molecule has 0 aliphatic carbocycles. The zero-order chi connectivity index (χ0) is 13.6. The van der Waals surface area contributed by atoms with Gasteiger partial charge >= 0.3 is 0 Å². The van der Waals surface area contributed by atoms with Crippen LogP contribution < -0.4 is 5.32 Å². The summed E-state index contributed by atoms with van der Waals surface area (Å²) >= 11 is 0. The van der Waals surface area contributed by atoms with Gasteiger partial charge in [-0.2, -0.15) is 0 Å². The molecule has 0 bridgehead atoms. The minimum atomic E-state index is 0.866. The zero-order valence-corrected chi connectivity index (χ0v) is 12.0. The number of fused-ring (bicyclic) bond motifs is 1. The molecule has 20 heavy (non-hydrogen) atoms. The number of aromatic nitrogens is 1. The normalized spacial score (nSPS) is 16.0. The maximum atomic E-state index is 4.68. The van der Waals surface area contributed by atoms with Crippen LogP contribution in [0.4, 0.5) is 0 Å². The van der Waals surface area contributed by atoms with E-state index in [1.807, 2.05) is 6.07 Å². The van der Waals surface area contributed by atoms with Crippen molar-refractivity contribution in [2.24, 2.45) is 0 Å². The molecule has 1 aromatic heterocycles. The summed E-state index contributed by atoms with van der Waals surface area (Å²) in [6, 6.07) is 12.6. The molecule has 3 heteroatoms. The zero-order valence-electron chi connectivity index (χ0n) is 12.0. The van der Waals surface area contributed by atoms with Crippen LogP contribution in [-0.2, 0) is 6.54 Å². The number of pyridine rings is 1.